The van der Waals surface area contributed by atoms with Crippen LogP contribution in [0.3, 0.4) is 0 Å². The predicted octanol–water partition coefficient (Wildman–Crippen LogP) is 6.24. The van der Waals surface area contributed by atoms with Gasteiger partial charge in [-0.1, -0.05) is 77.8 Å². The van der Waals surface area contributed by atoms with Gasteiger partial charge in [-0.2, -0.15) is 5.10 Å². The lowest BCUT2D eigenvalue weighted by Crippen LogP contribution is -2.34. The van der Waals surface area contributed by atoms with Gasteiger partial charge in [0, 0.05) is 12.0 Å². The van der Waals surface area contributed by atoms with Crippen LogP contribution < -0.4 is 4.74 Å². The molecule has 3 aromatic rings. The predicted molar refractivity (Wildman–Crippen MR) is 108 cm³/mol. The number of rotatable bonds is 2. The van der Waals surface area contributed by atoms with Gasteiger partial charge in [-0.15, -0.1) is 0 Å². The second kappa shape index (κ2) is 6.59. The van der Waals surface area contributed by atoms with Crippen molar-refractivity contribution in [1.82, 2.24) is 5.01 Å². The smallest absolute Gasteiger partial charge is 0.216 e. The van der Waals surface area contributed by atoms with Gasteiger partial charge in [-0.25, -0.2) is 5.01 Å². The summed E-state index contributed by atoms with van der Waals surface area (Å²) < 4.78 is 6.33. The molecule has 5 heteroatoms. The van der Waals surface area contributed by atoms with Gasteiger partial charge in [0.1, 0.15) is 5.75 Å². The summed E-state index contributed by atoms with van der Waals surface area (Å²) in [5, 5.41) is 8.08. The fourth-order valence-corrected chi connectivity index (χ4v) is 4.36. The third-order valence-electron chi connectivity index (χ3n) is 5.05. The van der Waals surface area contributed by atoms with E-state index in [1.165, 1.54) is 0 Å². The number of fused-ring (bicyclic) bond motifs is 3. The Balaban J connectivity index is 1.65. The molecule has 0 saturated heterocycles. The third kappa shape index (κ3) is 2.78. The Labute approximate surface area is 167 Å². The minimum atomic E-state index is -0.465. The summed E-state index contributed by atoms with van der Waals surface area (Å²) in [6.07, 6.45) is 0.343. The lowest BCUT2D eigenvalue weighted by Gasteiger charge is -2.38. The highest BCUT2D eigenvalue weighted by atomic mass is 35.5. The van der Waals surface area contributed by atoms with Crippen molar-refractivity contribution in [1.29, 1.82) is 0 Å². The number of hydrogen-bond acceptors (Lipinski definition) is 3. The van der Waals surface area contributed by atoms with E-state index in [4.69, 9.17) is 33.0 Å². The van der Waals surface area contributed by atoms with Gasteiger partial charge in [0.25, 0.3) is 0 Å². The number of hydrazone groups is 1. The molecule has 0 unspecified atom stereocenters. The molecule has 2 heterocycles. The zero-order valence-electron chi connectivity index (χ0n) is 14.3. The molecule has 0 amide bonds. The summed E-state index contributed by atoms with van der Waals surface area (Å²) in [5.74, 6) is 0.851. The van der Waals surface area contributed by atoms with Gasteiger partial charge in [0.2, 0.25) is 6.23 Å². The van der Waals surface area contributed by atoms with Crippen molar-refractivity contribution in [2.24, 2.45) is 5.10 Å². The van der Waals surface area contributed by atoms with Crippen molar-refractivity contribution in [3.63, 3.8) is 0 Å². The number of ether oxygens (including phenoxy) is 1. The molecule has 3 nitrogen and oxygen atoms in total. The van der Waals surface area contributed by atoms with E-state index in [1.807, 2.05) is 59.6 Å². The maximum Gasteiger partial charge on any atom is 0.216 e. The monoisotopic (exact) mass is 394 g/mol. The SMILES string of the molecule is Clc1cccc(Cl)c1[C@@H]1Oc2ccccc2[C@H]2CC(c3ccccc3)=NN21. The van der Waals surface area contributed by atoms with Crippen LogP contribution in [0.4, 0.5) is 0 Å². The van der Waals surface area contributed by atoms with Crippen LogP contribution in [0.1, 0.15) is 35.4 Å². The molecule has 0 saturated carbocycles. The largest absolute Gasteiger partial charge is 0.464 e. The van der Waals surface area contributed by atoms with E-state index in [9.17, 15) is 0 Å². The normalized spacial score (nSPS) is 20.5. The van der Waals surface area contributed by atoms with Crippen LogP contribution in [0.2, 0.25) is 10.0 Å². The van der Waals surface area contributed by atoms with Crippen LogP contribution in [0.25, 0.3) is 0 Å². The van der Waals surface area contributed by atoms with E-state index >= 15 is 0 Å². The van der Waals surface area contributed by atoms with Gasteiger partial charge in [-0.3, -0.25) is 0 Å². The van der Waals surface area contributed by atoms with Crippen LogP contribution in [-0.4, -0.2) is 10.7 Å². The summed E-state index contributed by atoms with van der Waals surface area (Å²) in [6, 6.07) is 23.9. The van der Waals surface area contributed by atoms with Crippen LogP contribution in [0.15, 0.2) is 77.9 Å². The molecule has 0 fully saturated rings. The Morgan fingerprint density at radius 2 is 1.56 bits per heavy atom. The second-order valence-electron chi connectivity index (χ2n) is 6.66. The van der Waals surface area contributed by atoms with E-state index in [1.54, 1.807) is 0 Å². The minimum Gasteiger partial charge on any atom is -0.464 e. The molecule has 0 spiro atoms. The highest BCUT2D eigenvalue weighted by Crippen LogP contribution is 2.49. The van der Waals surface area contributed by atoms with Crippen molar-refractivity contribution >= 4 is 28.9 Å². The van der Waals surface area contributed by atoms with Crippen molar-refractivity contribution in [2.75, 3.05) is 0 Å². The molecule has 3 aromatic carbocycles. The Morgan fingerprint density at radius 1 is 0.852 bits per heavy atom. The van der Waals surface area contributed by atoms with Crippen molar-refractivity contribution < 1.29 is 4.74 Å². The van der Waals surface area contributed by atoms with E-state index in [-0.39, 0.29) is 6.04 Å². The van der Waals surface area contributed by atoms with Crippen molar-refractivity contribution in [2.45, 2.75) is 18.7 Å². The molecule has 0 bridgehead atoms. The highest BCUT2D eigenvalue weighted by molar-refractivity contribution is 6.36. The average Bonchev–Trinajstić information content (AvgIpc) is 3.14. The number of hydrogen-bond donors (Lipinski definition) is 0. The summed E-state index contributed by atoms with van der Waals surface area (Å²) >= 11 is 13.0. The Hall–Kier alpha value is -2.49. The first-order chi connectivity index (χ1) is 13.2. The molecular weight excluding hydrogens is 379 g/mol. The van der Waals surface area contributed by atoms with Crippen LogP contribution in [0.5, 0.6) is 5.75 Å². The van der Waals surface area contributed by atoms with E-state index in [0.717, 1.165) is 34.6 Å². The minimum absolute atomic E-state index is 0.0856. The lowest BCUT2D eigenvalue weighted by atomic mass is 9.96. The first-order valence-corrected chi connectivity index (χ1v) is 9.58. The molecule has 2 aliphatic rings. The number of para-hydroxylation sites is 1. The molecule has 0 aromatic heterocycles. The Morgan fingerprint density at radius 3 is 2.33 bits per heavy atom. The zero-order chi connectivity index (χ0) is 18.4. The van der Waals surface area contributed by atoms with Crippen LogP contribution in [-0.2, 0) is 0 Å². The molecule has 2 aliphatic heterocycles. The molecule has 0 radical (unpaired) electrons. The first-order valence-electron chi connectivity index (χ1n) is 8.83. The van der Waals surface area contributed by atoms with Gasteiger partial charge < -0.3 is 4.74 Å². The van der Waals surface area contributed by atoms with Crippen molar-refractivity contribution in [3.8, 4) is 5.75 Å². The second-order valence-corrected chi connectivity index (χ2v) is 7.47. The van der Waals surface area contributed by atoms with Gasteiger partial charge in [0.15, 0.2) is 0 Å². The Kier molecular flexibility index (Phi) is 4.07. The molecular formula is C22H16Cl2N2O. The van der Waals surface area contributed by atoms with Crippen molar-refractivity contribution in [3.05, 3.63) is 99.5 Å². The zero-order valence-corrected chi connectivity index (χ0v) is 15.9. The molecule has 27 heavy (non-hydrogen) atoms. The maximum atomic E-state index is 6.49. The van der Waals surface area contributed by atoms with E-state index in [0.29, 0.717) is 10.0 Å². The first kappa shape index (κ1) is 16.7. The van der Waals surface area contributed by atoms with E-state index < -0.39 is 6.23 Å². The standard InChI is InChI=1S/C22H16Cl2N2O/c23-16-10-6-11-17(24)21(16)22-26-19(15-9-4-5-12-20(15)27-22)13-18(25-26)14-7-2-1-3-8-14/h1-12,19,22H,13H2/t19-,22+/m1/s1. The molecule has 0 N–H and O–H groups in total. The lowest BCUT2D eigenvalue weighted by molar-refractivity contribution is -0.0189. The summed E-state index contributed by atoms with van der Waals surface area (Å²) in [7, 11) is 0. The number of halogens is 2. The number of nitrogens with zero attached hydrogens (tertiary/aromatic N) is 2. The van der Waals surface area contributed by atoms with Gasteiger partial charge >= 0.3 is 0 Å². The van der Waals surface area contributed by atoms with Crippen LogP contribution >= 0.6 is 23.2 Å². The summed E-state index contributed by atoms with van der Waals surface area (Å²) in [5.41, 5.74) is 4.03. The quantitative estimate of drug-likeness (QED) is 0.513. The van der Waals surface area contributed by atoms with Gasteiger partial charge in [-0.05, 0) is 23.8 Å². The third-order valence-corrected chi connectivity index (χ3v) is 5.71. The molecule has 134 valence electrons. The molecule has 2 atom stereocenters. The van der Waals surface area contributed by atoms with E-state index in [2.05, 4.69) is 18.2 Å². The number of benzene rings is 3. The summed E-state index contributed by atoms with van der Waals surface area (Å²) in [4.78, 5) is 0. The highest BCUT2D eigenvalue weighted by Gasteiger charge is 2.42. The van der Waals surface area contributed by atoms with Gasteiger partial charge in [0.05, 0.1) is 27.4 Å². The fourth-order valence-electron chi connectivity index (χ4n) is 3.78. The topological polar surface area (TPSA) is 24.8 Å². The Bertz CT molecular complexity index is 1020. The fraction of sp³-hybridized carbons (Fsp3) is 0.136. The average molecular weight is 395 g/mol. The molecule has 5 rings (SSSR count). The van der Waals surface area contributed by atoms with Crippen LogP contribution in [0, 0.1) is 0 Å². The molecule has 0 aliphatic carbocycles. The summed E-state index contributed by atoms with van der Waals surface area (Å²) in [6.45, 7) is 0. The maximum absolute atomic E-state index is 6.49.